The molecule has 130 valence electrons. The average Bonchev–Trinajstić information content (AvgIpc) is 2.49. The molecule has 0 aliphatic rings. The van der Waals surface area contributed by atoms with E-state index in [-0.39, 0.29) is 12.3 Å². The molecule has 0 aliphatic carbocycles. The summed E-state index contributed by atoms with van der Waals surface area (Å²) >= 11 is 0. The molecule has 0 bridgehead atoms. The zero-order chi connectivity index (χ0) is 17.6. The fraction of sp³-hybridized carbons (Fsp3) is 0.200. The van der Waals surface area contributed by atoms with Crippen LogP contribution in [0.5, 0.6) is 0 Å². The Morgan fingerprint density at radius 3 is 2.08 bits per heavy atom. The van der Waals surface area contributed by atoms with Crippen LogP contribution >= 0.6 is 0 Å². The van der Waals surface area contributed by atoms with Gasteiger partial charge in [0.15, 0.2) is 0 Å². The van der Waals surface area contributed by atoms with Gasteiger partial charge in [0.05, 0.1) is 11.5 Å². The lowest BCUT2D eigenvalue weighted by Crippen LogP contribution is -2.32. The third-order valence-electron chi connectivity index (χ3n) is 3.01. The van der Waals surface area contributed by atoms with E-state index in [2.05, 4.69) is 9.44 Å². The van der Waals surface area contributed by atoms with Gasteiger partial charge in [0, 0.05) is 12.2 Å². The van der Waals surface area contributed by atoms with Gasteiger partial charge in [-0.1, -0.05) is 30.3 Å². The molecule has 0 amide bonds. The fourth-order valence-corrected chi connectivity index (χ4v) is 4.16. The topological polar surface area (TPSA) is 92.3 Å². The molecule has 0 atom stereocenters. The molecule has 2 N–H and O–H groups in total. The van der Waals surface area contributed by atoms with E-state index in [4.69, 9.17) is 0 Å². The Balaban J connectivity index is 1.86. The Morgan fingerprint density at radius 1 is 0.833 bits per heavy atom. The summed E-state index contributed by atoms with van der Waals surface area (Å²) in [6.07, 6.45) is 0. The zero-order valence-electron chi connectivity index (χ0n) is 12.6. The normalized spacial score (nSPS) is 12.0. The minimum atomic E-state index is -3.71. The van der Waals surface area contributed by atoms with E-state index in [1.807, 2.05) is 0 Å². The van der Waals surface area contributed by atoms with Crippen molar-refractivity contribution in [2.75, 3.05) is 17.0 Å². The first kappa shape index (κ1) is 18.4. The van der Waals surface area contributed by atoms with Gasteiger partial charge in [-0.05, 0) is 29.8 Å². The predicted molar refractivity (Wildman–Crippen MR) is 90.9 cm³/mol. The van der Waals surface area contributed by atoms with E-state index in [1.54, 1.807) is 30.3 Å². The molecule has 0 aliphatic heterocycles. The molecule has 0 fully saturated rings. The summed E-state index contributed by atoms with van der Waals surface area (Å²) in [6, 6.07) is 13.4. The number of hydrogen-bond donors (Lipinski definition) is 2. The van der Waals surface area contributed by atoms with Crippen molar-refractivity contribution >= 4 is 25.7 Å². The molecule has 0 aromatic heterocycles. The van der Waals surface area contributed by atoms with Crippen molar-refractivity contribution < 1.29 is 21.2 Å². The summed E-state index contributed by atoms with van der Waals surface area (Å²) < 4.78 is 65.0. The van der Waals surface area contributed by atoms with Gasteiger partial charge in [-0.25, -0.2) is 25.9 Å². The van der Waals surface area contributed by atoms with Gasteiger partial charge < -0.3 is 0 Å². The van der Waals surface area contributed by atoms with Crippen LogP contribution in [0.1, 0.15) is 5.56 Å². The lowest BCUT2D eigenvalue weighted by molar-refractivity contribution is 0.580. The first-order valence-electron chi connectivity index (χ1n) is 7.03. The predicted octanol–water partition coefficient (Wildman–Crippen LogP) is 1.69. The van der Waals surface area contributed by atoms with E-state index in [9.17, 15) is 21.2 Å². The minimum Gasteiger partial charge on any atom is -0.284 e. The number of para-hydroxylation sites is 1. The molecule has 0 saturated carbocycles. The number of nitrogens with one attached hydrogen (secondary N) is 2. The van der Waals surface area contributed by atoms with Crippen molar-refractivity contribution in [1.29, 1.82) is 0 Å². The lowest BCUT2D eigenvalue weighted by atomic mass is 10.2. The van der Waals surface area contributed by atoms with Gasteiger partial charge in [0.1, 0.15) is 5.82 Å². The zero-order valence-corrected chi connectivity index (χ0v) is 14.3. The van der Waals surface area contributed by atoms with Crippen LogP contribution in [0.2, 0.25) is 0 Å². The highest BCUT2D eigenvalue weighted by molar-refractivity contribution is 7.92. The molecule has 0 heterocycles. The number of sulfonamides is 2. The smallest absolute Gasteiger partial charge is 0.234 e. The Kier molecular flexibility index (Phi) is 5.92. The number of halogens is 1. The van der Waals surface area contributed by atoms with Gasteiger partial charge >= 0.3 is 0 Å². The molecule has 2 aromatic rings. The van der Waals surface area contributed by atoms with E-state index >= 15 is 0 Å². The summed E-state index contributed by atoms with van der Waals surface area (Å²) in [6.45, 7) is -0.258. The Labute approximate surface area is 140 Å². The fourth-order valence-electron chi connectivity index (χ4n) is 1.92. The first-order chi connectivity index (χ1) is 11.3. The van der Waals surface area contributed by atoms with Crippen molar-refractivity contribution in [2.45, 2.75) is 5.75 Å². The quantitative estimate of drug-likeness (QED) is 0.737. The van der Waals surface area contributed by atoms with Crippen LogP contribution in [0.25, 0.3) is 0 Å². The second kappa shape index (κ2) is 7.73. The highest BCUT2D eigenvalue weighted by Crippen LogP contribution is 2.08. The first-order valence-corrected chi connectivity index (χ1v) is 10.3. The van der Waals surface area contributed by atoms with Gasteiger partial charge in [-0.3, -0.25) is 4.72 Å². The number of rotatable bonds is 8. The summed E-state index contributed by atoms with van der Waals surface area (Å²) in [7, 11) is -7.37. The van der Waals surface area contributed by atoms with Crippen LogP contribution in [0.3, 0.4) is 0 Å². The molecule has 2 rings (SSSR count). The number of anilines is 1. The van der Waals surface area contributed by atoms with Crippen LogP contribution in [-0.4, -0.2) is 29.1 Å². The van der Waals surface area contributed by atoms with E-state index < -0.39 is 31.6 Å². The molecular weight excluding hydrogens is 355 g/mol. The lowest BCUT2D eigenvalue weighted by Gasteiger charge is -2.09. The summed E-state index contributed by atoms with van der Waals surface area (Å²) in [5.74, 6) is -1.20. The number of benzene rings is 2. The molecule has 0 spiro atoms. The maximum atomic E-state index is 12.8. The van der Waals surface area contributed by atoms with Crippen LogP contribution in [0.15, 0.2) is 54.6 Å². The number of hydrogen-bond acceptors (Lipinski definition) is 4. The molecule has 9 heteroatoms. The van der Waals surface area contributed by atoms with Crippen molar-refractivity contribution in [3.8, 4) is 0 Å². The van der Waals surface area contributed by atoms with Crippen molar-refractivity contribution in [3.63, 3.8) is 0 Å². The summed E-state index contributed by atoms with van der Waals surface area (Å²) in [4.78, 5) is 0. The second-order valence-corrected chi connectivity index (χ2v) is 8.72. The maximum absolute atomic E-state index is 12.8. The highest BCUT2D eigenvalue weighted by Gasteiger charge is 2.15. The van der Waals surface area contributed by atoms with Gasteiger partial charge in [0.2, 0.25) is 20.0 Å². The second-order valence-electron chi connectivity index (χ2n) is 5.07. The largest absolute Gasteiger partial charge is 0.284 e. The molecule has 24 heavy (non-hydrogen) atoms. The Morgan fingerprint density at radius 2 is 1.46 bits per heavy atom. The molecule has 2 aromatic carbocycles. The monoisotopic (exact) mass is 372 g/mol. The Bertz CT molecular complexity index is 867. The third kappa shape index (κ3) is 6.26. The van der Waals surface area contributed by atoms with Crippen LogP contribution in [-0.2, 0) is 25.8 Å². The molecule has 0 radical (unpaired) electrons. The van der Waals surface area contributed by atoms with Crippen molar-refractivity contribution in [3.05, 3.63) is 66.0 Å². The van der Waals surface area contributed by atoms with Crippen molar-refractivity contribution in [1.82, 2.24) is 4.72 Å². The van der Waals surface area contributed by atoms with E-state index in [0.29, 0.717) is 11.3 Å². The summed E-state index contributed by atoms with van der Waals surface area (Å²) in [5.41, 5.74) is 0.820. The standard InChI is InChI=1S/C15H17FN2O4S2/c16-14-8-6-13(7-9-14)12-24(21,22)17-10-11-23(19,20)18-15-4-2-1-3-5-15/h1-9,17-18H,10-12H2. The molecular formula is C15H17FN2O4S2. The highest BCUT2D eigenvalue weighted by atomic mass is 32.2. The van der Waals surface area contributed by atoms with Crippen LogP contribution in [0.4, 0.5) is 10.1 Å². The SMILES string of the molecule is O=S(=O)(Cc1ccc(F)cc1)NCCS(=O)(=O)Nc1ccccc1. The average molecular weight is 372 g/mol. The minimum absolute atomic E-state index is 0.258. The van der Waals surface area contributed by atoms with Crippen LogP contribution < -0.4 is 9.44 Å². The van der Waals surface area contributed by atoms with Crippen LogP contribution in [0, 0.1) is 5.82 Å². The van der Waals surface area contributed by atoms with Crippen molar-refractivity contribution in [2.24, 2.45) is 0 Å². The Hall–Kier alpha value is -1.97. The van der Waals surface area contributed by atoms with E-state index in [1.165, 1.54) is 24.3 Å². The third-order valence-corrected chi connectivity index (χ3v) is 5.66. The summed E-state index contributed by atoms with van der Waals surface area (Å²) in [5, 5.41) is 0. The van der Waals surface area contributed by atoms with E-state index in [0.717, 1.165) is 0 Å². The van der Waals surface area contributed by atoms with Gasteiger partial charge in [-0.15, -0.1) is 0 Å². The maximum Gasteiger partial charge on any atom is 0.234 e. The molecule has 6 nitrogen and oxygen atoms in total. The van der Waals surface area contributed by atoms with Gasteiger partial charge in [-0.2, -0.15) is 0 Å². The molecule has 0 unspecified atom stereocenters. The molecule has 0 saturated heterocycles. The van der Waals surface area contributed by atoms with Gasteiger partial charge in [0.25, 0.3) is 0 Å².